The van der Waals surface area contributed by atoms with Crippen LogP contribution in [0, 0.1) is 17.8 Å². The Bertz CT molecular complexity index is 999. The molecule has 0 aromatic heterocycles. The lowest BCUT2D eigenvalue weighted by atomic mass is 9.82. The molecule has 1 aliphatic heterocycles. The molecule has 1 saturated heterocycles. The summed E-state index contributed by atoms with van der Waals surface area (Å²) in [5.41, 5.74) is 5.18. The van der Waals surface area contributed by atoms with E-state index in [-0.39, 0.29) is 12.3 Å². The quantitative estimate of drug-likeness (QED) is 0.389. The lowest BCUT2D eigenvalue weighted by Crippen LogP contribution is -2.57. The maximum absolute atomic E-state index is 13.6. The van der Waals surface area contributed by atoms with Crippen molar-refractivity contribution < 1.29 is 27.6 Å². The normalized spacial score (nSPS) is 18.6. The van der Waals surface area contributed by atoms with Gasteiger partial charge in [-0.25, -0.2) is 18.7 Å². The van der Waals surface area contributed by atoms with Crippen LogP contribution in [0.25, 0.3) is 6.08 Å². The van der Waals surface area contributed by atoms with Crippen LogP contribution in [0.1, 0.15) is 72.3 Å². The van der Waals surface area contributed by atoms with E-state index in [1.165, 1.54) is 0 Å². The molecule has 9 nitrogen and oxygen atoms in total. The van der Waals surface area contributed by atoms with E-state index in [0.717, 1.165) is 29.1 Å². The van der Waals surface area contributed by atoms with Crippen LogP contribution in [0.15, 0.2) is 36.4 Å². The van der Waals surface area contributed by atoms with Crippen LogP contribution in [0.5, 0.6) is 0 Å². The molecule has 37 heavy (non-hydrogen) atoms. The van der Waals surface area contributed by atoms with Crippen molar-refractivity contribution in [3.63, 3.8) is 0 Å². The molecule has 1 aromatic rings. The number of hydroxylamine groups is 1. The van der Waals surface area contributed by atoms with Gasteiger partial charge in [0.1, 0.15) is 0 Å². The van der Waals surface area contributed by atoms with Crippen molar-refractivity contribution in [2.75, 3.05) is 12.9 Å². The summed E-state index contributed by atoms with van der Waals surface area (Å²) in [6.07, 6.45) is 7.46. The van der Waals surface area contributed by atoms with E-state index in [9.17, 15) is 18.0 Å². The number of benzene rings is 1. The molecular weight excluding hydrogens is 494 g/mol. The fourth-order valence-electron chi connectivity index (χ4n) is 4.27. The van der Waals surface area contributed by atoms with Crippen molar-refractivity contribution in [2.24, 2.45) is 17.8 Å². The standard InChI is InChI=1S/C27H43N3O6S/c1-20(2)19-23(25(31)28-30(27(3,4)5)37(6,33)34)22(16-12-15-21-13-8-7-9-14-21)26(32)29-36-24-17-10-11-18-35-24/h7-9,12-15,20,22-24H,10-11,16-19H2,1-6H3,(H,28,31)(H,29,32)/t22-,23+,24?/m0/s1. The zero-order chi connectivity index (χ0) is 27.6. The second-order valence-corrected chi connectivity index (χ2v) is 12.8. The molecule has 1 aromatic carbocycles. The van der Waals surface area contributed by atoms with Crippen molar-refractivity contribution in [1.82, 2.24) is 15.3 Å². The first-order valence-electron chi connectivity index (χ1n) is 12.9. The Morgan fingerprint density at radius 3 is 2.35 bits per heavy atom. The highest BCUT2D eigenvalue weighted by atomic mass is 32.2. The smallest absolute Gasteiger partial charge is 0.247 e. The third-order valence-electron chi connectivity index (χ3n) is 5.97. The number of sulfonamides is 1. The number of allylic oxidation sites excluding steroid dienone is 1. The molecule has 3 atom stereocenters. The van der Waals surface area contributed by atoms with E-state index in [4.69, 9.17) is 9.57 Å². The molecule has 2 rings (SSSR count). The fraction of sp³-hybridized carbons (Fsp3) is 0.630. The van der Waals surface area contributed by atoms with Gasteiger partial charge in [0.25, 0.3) is 0 Å². The minimum Gasteiger partial charge on any atom is -0.350 e. The van der Waals surface area contributed by atoms with E-state index in [1.807, 2.05) is 56.3 Å². The summed E-state index contributed by atoms with van der Waals surface area (Å²) in [6, 6.07) is 9.65. The van der Waals surface area contributed by atoms with Crippen LogP contribution in [-0.2, 0) is 29.2 Å². The molecule has 0 bridgehead atoms. The van der Waals surface area contributed by atoms with E-state index in [1.54, 1.807) is 20.8 Å². The first-order chi connectivity index (χ1) is 17.3. The number of ether oxygens (including phenoxy) is 1. The maximum Gasteiger partial charge on any atom is 0.247 e. The number of amides is 2. The van der Waals surface area contributed by atoms with Crippen LogP contribution < -0.4 is 10.9 Å². The molecule has 2 amide bonds. The summed E-state index contributed by atoms with van der Waals surface area (Å²) in [7, 11) is -3.76. The third kappa shape index (κ3) is 10.6. The van der Waals surface area contributed by atoms with Gasteiger partial charge in [0, 0.05) is 18.6 Å². The summed E-state index contributed by atoms with van der Waals surface area (Å²) < 4.78 is 31.4. The molecule has 208 valence electrons. The van der Waals surface area contributed by atoms with E-state index < -0.39 is 45.5 Å². The lowest BCUT2D eigenvalue weighted by molar-refractivity contribution is -0.203. The molecule has 0 radical (unpaired) electrons. The SMILES string of the molecule is CC(C)C[C@@H](C(=O)NN(C(C)(C)C)S(C)(=O)=O)[C@H](CC=Cc1ccccc1)C(=O)NOC1CCCCO1. The van der Waals surface area contributed by atoms with E-state index >= 15 is 0 Å². The molecule has 0 spiro atoms. The number of nitrogens with zero attached hydrogens (tertiary/aromatic N) is 1. The van der Waals surface area contributed by atoms with Gasteiger partial charge in [-0.1, -0.05) is 56.3 Å². The highest BCUT2D eigenvalue weighted by molar-refractivity contribution is 7.88. The van der Waals surface area contributed by atoms with Gasteiger partial charge in [0.2, 0.25) is 21.8 Å². The monoisotopic (exact) mass is 537 g/mol. The maximum atomic E-state index is 13.6. The Balaban J connectivity index is 2.31. The lowest BCUT2D eigenvalue weighted by Gasteiger charge is -2.35. The van der Waals surface area contributed by atoms with Crippen molar-refractivity contribution in [2.45, 2.75) is 78.6 Å². The summed E-state index contributed by atoms with van der Waals surface area (Å²) in [4.78, 5) is 32.5. The van der Waals surface area contributed by atoms with Crippen molar-refractivity contribution in [3.8, 4) is 0 Å². The van der Waals surface area contributed by atoms with Crippen molar-refractivity contribution in [1.29, 1.82) is 0 Å². The van der Waals surface area contributed by atoms with Gasteiger partial charge in [0.15, 0.2) is 6.29 Å². The Morgan fingerprint density at radius 1 is 1.14 bits per heavy atom. The second kappa shape index (κ2) is 14.0. The van der Waals surface area contributed by atoms with Gasteiger partial charge >= 0.3 is 0 Å². The fourth-order valence-corrected chi connectivity index (χ4v) is 5.52. The van der Waals surface area contributed by atoms with Gasteiger partial charge in [-0.05, 0) is 57.9 Å². The second-order valence-electron chi connectivity index (χ2n) is 10.9. The number of hydrogen-bond acceptors (Lipinski definition) is 6. The van der Waals surface area contributed by atoms with Crippen LogP contribution in [0.3, 0.4) is 0 Å². The largest absolute Gasteiger partial charge is 0.350 e. The molecule has 1 heterocycles. The highest BCUT2D eigenvalue weighted by Gasteiger charge is 2.38. The number of carbonyl (C=O) groups is 2. The molecule has 1 fully saturated rings. The summed E-state index contributed by atoms with van der Waals surface area (Å²) in [5, 5.41) is 0. The number of hydrogen-bond donors (Lipinski definition) is 2. The Hall–Kier alpha value is -2.27. The van der Waals surface area contributed by atoms with E-state index in [2.05, 4.69) is 10.9 Å². The average Bonchev–Trinajstić information content (AvgIpc) is 2.82. The molecule has 0 saturated carbocycles. The zero-order valence-corrected chi connectivity index (χ0v) is 23.7. The Morgan fingerprint density at radius 2 is 1.81 bits per heavy atom. The minimum atomic E-state index is -3.76. The molecule has 1 unspecified atom stereocenters. The topological polar surface area (TPSA) is 114 Å². The molecule has 10 heteroatoms. The molecule has 1 aliphatic rings. The first kappa shape index (κ1) is 31.0. The van der Waals surface area contributed by atoms with Crippen molar-refractivity contribution in [3.05, 3.63) is 42.0 Å². The zero-order valence-electron chi connectivity index (χ0n) is 22.9. The summed E-state index contributed by atoms with van der Waals surface area (Å²) in [5.74, 6) is -2.51. The number of carbonyl (C=O) groups excluding carboxylic acids is 2. The van der Waals surface area contributed by atoms with Crippen LogP contribution in [0.2, 0.25) is 0 Å². The predicted molar refractivity (Wildman–Crippen MR) is 144 cm³/mol. The Kier molecular flexibility index (Phi) is 11.7. The molecule has 2 N–H and O–H groups in total. The Labute approximate surface area is 221 Å². The van der Waals surface area contributed by atoms with Crippen LogP contribution >= 0.6 is 0 Å². The minimum absolute atomic E-state index is 0.0769. The summed E-state index contributed by atoms with van der Waals surface area (Å²) in [6.45, 7) is 9.55. The highest BCUT2D eigenvalue weighted by Crippen LogP contribution is 2.27. The van der Waals surface area contributed by atoms with Crippen molar-refractivity contribution >= 4 is 27.9 Å². The van der Waals surface area contributed by atoms with Crippen LogP contribution in [0.4, 0.5) is 0 Å². The van der Waals surface area contributed by atoms with Gasteiger partial charge < -0.3 is 4.74 Å². The van der Waals surface area contributed by atoms with E-state index in [0.29, 0.717) is 19.4 Å². The molecular formula is C27H43N3O6S. The first-order valence-corrected chi connectivity index (χ1v) is 14.7. The predicted octanol–water partition coefficient (Wildman–Crippen LogP) is 4.03. The third-order valence-corrected chi connectivity index (χ3v) is 7.27. The summed E-state index contributed by atoms with van der Waals surface area (Å²) >= 11 is 0. The van der Waals surface area contributed by atoms with Gasteiger partial charge in [-0.3, -0.25) is 15.0 Å². The van der Waals surface area contributed by atoms with Gasteiger partial charge in [-0.15, -0.1) is 4.41 Å². The van der Waals surface area contributed by atoms with Crippen LogP contribution in [-0.4, -0.2) is 49.3 Å². The van der Waals surface area contributed by atoms with Gasteiger partial charge in [-0.2, -0.15) is 0 Å². The number of hydrazine groups is 1. The molecule has 0 aliphatic carbocycles. The van der Waals surface area contributed by atoms with Gasteiger partial charge in [0.05, 0.1) is 18.1 Å². The number of rotatable bonds is 12. The number of nitrogens with one attached hydrogen (secondary N) is 2. The average molecular weight is 538 g/mol.